The Morgan fingerprint density at radius 1 is 1.29 bits per heavy atom. The Balaban J connectivity index is 1.77. The minimum atomic E-state index is -0.528. The van der Waals surface area contributed by atoms with Gasteiger partial charge in [0, 0.05) is 29.7 Å². The molecule has 1 aromatic carbocycles. The van der Waals surface area contributed by atoms with Crippen LogP contribution in [0.1, 0.15) is 20.8 Å². The Morgan fingerprint density at radius 3 is 2.75 bits per heavy atom. The predicted molar refractivity (Wildman–Crippen MR) is 114 cm³/mol. The molecule has 0 bridgehead atoms. The number of nitrogens with zero attached hydrogens (tertiary/aromatic N) is 3. The molecule has 148 valence electrons. The van der Waals surface area contributed by atoms with Crippen molar-refractivity contribution < 1.29 is 9.53 Å². The molecule has 2 N–H and O–H groups in total. The van der Waals surface area contributed by atoms with Crippen molar-refractivity contribution in [1.82, 2.24) is 19.9 Å². The highest BCUT2D eigenvalue weighted by Gasteiger charge is 2.16. The molecule has 0 aliphatic heterocycles. The maximum Gasteiger partial charge on any atom is 0.407 e. The summed E-state index contributed by atoms with van der Waals surface area (Å²) in [6.45, 7) is 6.35. The number of halogens is 2. The topological polar surface area (TPSA) is 80.5 Å². The van der Waals surface area contributed by atoms with Gasteiger partial charge >= 0.3 is 6.09 Å². The molecule has 1 amide bonds. The number of fused-ring (bicyclic) bond motifs is 1. The third-order valence-corrected chi connectivity index (χ3v) is 4.57. The first-order valence-electron chi connectivity index (χ1n) is 8.74. The number of ether oxygens (including phenoxy) is 1. The second-order valence-corrected chi connectivity index (χ2v) is 8.35. The van der Waals surface area contributed by atoms with Gasteiger partial charge < -0.3 is 15.4 Å². The first-order chi connectivity index (χ1) is 13.2. The van der Waals surface area contributed by atoms with Crippen LogP contribution in [0.4, 0.5) is 10.6 Å². The molecule has 3 aromatic rings. The van der Waals surface area contributed by atoms with Crippen LogP contribution < -0.4 is 10.6 Å². The van der Waals surface area contributed by atoms with E-state index in [1.807, 2.05) is 51.1 Å². The van der Waals surface area contributed by atoms with E-state index in [1.54, 1.807) is 10.7 Å². The summed E-state index contributed by atoms with van der Waals surface area (Å²) < 4.78 is 7.69. The van der Waals surface area contributed by atoms with Crippen LogP contribution >= 0.6 is 27.5 Å². The average Bonchev–Trinajstić information content (AvgIpc) is 2.99. The van der Waals surface area contributed by atoms with E-state index in [0.29, 0.717) is 23.8 Å². The summed E-state index contributed by atoms with van der Waals surface area (Å²) >= 11 is 9.81. The Kier molecular flexibility index (Phi) is 6.10. The van der Waals surface area contributed by atoms with Gasteiger partial charge in [-0.25, -0.2) is 9.78 Å². The van der Waals surface area contributed by atoms with Gasteiger partial charge in [0.25, 0.3) is 0 Å². The summed E-state index contributed by atoms with van der Waals surface area (Å²) in [4.78, 5) is 16.4. The number of rotatable bonds is 5. The quantitative estimate of drug-likeness (QED) is 0.530. The summed E-state index contributed by atoms with van der Waals surface area (Å²) in [7, 11) is 0. The van der Waals surface area contributed by atoms with Gasteiger partial charge in [-0.1, -0.05) is 29.8 Å². The number of anilines is 1. The maximum absolute atomic E-state index is 11.8. The van der Waals surface area contributed by atoms with Crippen molar-refractivity contribution in [3.05, 3.63) is 46.0 Å². The van der Waals surface area contributed by atoms with Crippen LogP contribution in [0.2, 0.25) is 5.02 Å². The fourth-order valence-electron chi connectivity index (χ4n) is 2.54. The summed E-state index contributed by atoms with van der Waals surface area (Å²) in [5.74, 6) is 0.733. The van der Waals surface area contributed by atoms with E-state index in [9.17, 15) is 4.79 Å². The van der Waals surface area contributed by atoms with E-state index in [2.05, 4.69) is 36.6 Å². The van der Waals surface area contributed by atoms with E-state index >= 15 is 0 Å². The van der Waals surface area contributed by atoms with Crippen molar-refractivity contribution in [1.29, 1.82) is 0 Å². The molecule has 0 atom stereocenters. The highest BCUT2D eigenvalue weighted by molar-refractivity contribution is 9.10. The van der Waals surface area contributed by atoms with Gasteiger partial charge in [0.2, 0.25) is 0 Å². The zero-order valence-corrected chi connectivity index (χ0v) is 18.1. The number of amides is 1. The van der Waals surface area contributed by atoms with E-state index in [4.69, 9.17) is 16.3 Å². The lowest BCUT2D eigenvalue weighted by Gasteiger charge is -2.19. The molecule has 0 aliphatic carbocycles. The summed E-state index contributed by atoms with van der Waals surface area (Å²) in [5.41, 5.74) is 1.69. The molecule has 9 heteroatoms. The van der Waals surface area contributed by atoms with Crippen LogP contribution in [-0.4, -0.2) is 39.4 Å². The third kappa shape index (κ3) is 4.94. The number of hydrogen-bond acceptors (Lipinski definition) is 5. The number of benzene rings is 1. The first-order valence-corrected chi connectivity index (χ1v) is 9.91. The van der Waals surface area contributed by atoms with E-state index in [-0.39, 0.29) is 0 Å². The molecule has 0 fully saturated rings. The van der Waals surface area contributed by atoms with E-state index < -0.39 is 11.7 Å². The monoisotopic (exact) mass is 465 g/mol. The molecule has 0 spiro atoms. The summed E-state index contributed by atoms with van der Waals surface area (Å²) in [5, 5.41) is 10.9. The summed E-state index contributed by atoms with van der Waals surface area (Å²) in [6, 6.07) is 9.41. The number of aromatic nitrogens is 3. The molecule has 2 aromatic heterocycles. The largest absolute Gasteiger partial charge is 0.444 e. The molecule has 0 radical (unpaired) electrons. The van der Waals surface area contributed by atoms with Crippen LogP contribution in [-0.2, 0) is 4.74 Å². The molecule has 7 nitrogen and oxygen atoms in total. The SMILES string of the molecule is CC(C)(C)OC(=O)NCCNc1cc(-c2ccccc2Cl)nc2c(Br)cnn12. The van der Waals surface area contributed by atoms with Crippen molar-refractivity contribution >= 4 is 45.1 Å². The molecular weight excluding hydrogens is 446 g/mol. The van der Waals surface area contributed by atoms with Crippen LogP contribution in [0.3, 0.4) is 0 Å². The van der Waals surface area contributed by atoms with Gasteiger partial charge in [0.15, 0.2) is 5.65 Å². The minimum Gasteiger partial charge on any atom is -0.444 e. The van der Waals surface area contributed by atoms with Crippen molar-refractivity contribution in [2.75, 3.05) is 18.4 Å². The molecule has 0 unspecified atom stereocenters. The van der Waals surface area contributed by atoms with Gasteiger partial charge in [0.1, 0.15) is 11.4 Å². The smallest absolute Gasteiger partial charge is 0.407 e. The fraction of sp³-hybridized carbons (Fsp3) is 0.316. The normalized spacial score (nSPS) is 11.5. The molecule has 0 saturated carbocycles. The molecule has 0 aliphatic rings. The molecule has 2 heterocycles. The van der Waals surface area contributed by atoms with Crippen molar-refractivity contribution in [2.45, 2.75) is 26.4 Å². The van der Waals surface area contributed by atoms with Gasteiger partial charge in [-0.05, 0) is 42.8 Å². The Bertz CT molecular complexity index is 1000. The minimum absolute atomic E-state index is 0.391. The predicted octanol–water partition coefficient (Wildman–Crippen LogP) is 4.75. The highest BCUT2D eigenvalue weighted by Crippen LogP contribution is 2.30. The Morgan fingerprint density at radius 2 is 2.04 bits per heavy atom. The standard InChI is InChI=1S/C19H21BrClN5O2/c1-19(2,3)28-18(27)23-9-8-22-16-10-15(12-6-4-5-7-14(12)21)25-17-13(20)11-24-26(16)17/h4-7,10-11,22H,8-9H2,1-3H3,(H,23,27). The lowest BCUT2D eigenvalue weighted by Crippen LogP contribution is -2.35. The molecule has 3 rings (SSSR count). The Labute approximate surface area is 176 Å². The summed E-state index contributed by atoms with van der Waals surface area (Å²) in [6.07, 6.45) is 1.23. The zero-order chi connectivity index (χ0) is 20.3. The lowest BCUT2D eigenvalue weighted by molar-refractivity contribution is 0.0530. The van der Waals surface area contributed by atoms with Crippen LogP contribution in [0.25, 0.3) is 16.9 Å². The second kappa shape index (κ2) is 8.36. The fourth-order valence-corrected chi connectivity index (χ4v) is 3.12. The van der Waals surface area contributed by atoms with E-state index in [1.165, 1.54) is 0 Å². The van der Waals surface area contributed by atoms with Crippen molar-refractivity contribution in [3.63, 3.8) is 0 Å². The van der Waals surface area contributed by atoms with Crippen LogP contribution in [0.15, 0.2) is 41.0 Å². The number of nitrogens with one attached hydrogen (secondary N) is 2. The van der Waals surface area contributed by atoms with Gasteiger partial charge in [-0.2, -0.15) is 9.61 Å². The molecule has 28 heavy (non-hydrogen) atoms. The van der Waals surface area contributed by atoms with Crippen LogP contribution in [0, 0.1) is 0 Å². The van der Waals surface area contributed by atoms with Crippen molar-refractivity contribution in [2.24, 2.45) is 0 Å². The third-order valence-electron chi connectivity index (χ3n) is 3.68. The number of hydrogen-bond donors (Lipinski definition) is 2. The average molecular weight is 467 g/mol. The van der Waals surface area contributed by atoms with E-state index in [0.717, 1.165) is 21.5 Å². The number of carbonyl (C=O) groups excluding carboxylic acids is 1. The first kappa shape index (κ1) is 20.4. The number of carbonyl (C=O) groups is 1. The maximum atomic E-state index is 11.8. The zero-order valence-electron chi connectivity index (χ0n) is 15.8. The van der Waals surface area contributed by atoms with Crippen molar-refractivity contribution in [3.8, 4) is 11.3 Å². The Hall–Kier alpha value is -2.32. The van der Waals surface area contributed by atoms with Gasteiger partial charge in [0.05, 0.1) is 16.4 Å². The van der Waals surface area contributed by atoms with Gasteiger partial charge in [-0.15, -0.1) is 0 Å². The lowest BCUT2D eigenvalue weighted by atomic mass is 10.1. The highest BCUT2D eigenvalue weighted by atomic mass is 79.9. The molecular formula is C19H21BrClN5O2. The number of alkyl carbamates (subject to hydrolysis) is 1. The second-order valence-electron chi connectivity index (χ2n) is 7.09. The molecule has 0 saturated heterocycles. The van der Waals surface area contributed by atoms with Gasteiger partial charge in [-0.3, -0.25) is 0 Å². The van der Waals surface area contributed by atoms with Crippen LogP contribution in [0.5, 0.6) is 0 Å².